The van der Waals surface area contributed by atoms with Gasteiger partial charge in [-0.2, -0.15) is 26.3 Å². The molecule has 2 atom stereocenters. The fourth-order valence-electron chi connectivity index (χ4n) is 0.391. The third-order valence-corrected chi connectivity index (χ3v) is 1.04. The Balaban J connectivity index is 4.15. The topological polar surface area (TPSA) is 40.5 Å². The largest absolute Gasteiger partial charge is 0.414 e. The van der Waals surface area contributed by atoms with Gasteiger partial charge in [0, 0.05) is 6.42 Å². The maximum atomic E-state index is 11.4. The molecule has 0 bridgehead atoms. The Morgan fingerprint density at radius 1 is 0.769 bits per heavy atom. The number of aliphatic hydroxyl groups excluding tert-OH is 2. The first-order valence-corrected chi connectivity index (χ1v) is 2.89. The third-order valence-electron chi connectivity index (χ3n) is 1.04. The summed E-state index contributed by atoms with van der Waals surface area (Å²) < 4.78 is 68.6. The molecule has 2 nitrogen and oxygen atoms in total. The predicted octanol–water partition coefficient (Wildman–Crippen LogP) is 1.04. The molecule has 0 aromatic rings. The lowest BCUT2D eigenvalue weighted by molar-refractivity contribution is -0.222. The quantitative estimate of drug-likeness (QED) is 0.670. The minimum atomic E-state index is -5.20. The zero-order valence-corrected chi connectivity index (χ0v) is 5.89. The molecule has 0 fully saturated rings. The van der Waals surface area contributed by atoms with Crippen molar-refractivity contribution in [3.63, 3.8) is 0 Å². The average molecular weight is 211 g/mol. The first-order valence-electron chi connectivity index (χ1n) is 2.89. The molecule has 0 aliphatic carbocycles. The Kier molecular flexibility index (Phi) is 3.56. The first-order chi connectivity index (χ1) is 5.55. The molecule has 0 aliphatic heterocycles. The maximum absolute atomic E-state index is 11.4. The van der Waals surface area contributed by atoms with Crippen molar-refractivity contribution < 1.29 is 36.6 Å². The Hall–Kier alpha value is -0.500. The van der Waals surface area contributed by atoms with Crippen molar-refractivity contribution in [2.45, 2.75) is 24.6 Å². The van der Waals surface area contributed by atoms with Crippen molar-refractivity contribution in [3.8, 4) is 0 Å². The molecule has 0 spiro atoms. The second-order valence-corrected chi connectivity index (χ2v) is 2.17. The molecule has 0 rings (SSSR count). The molecule has 0 aromatic carbocycles. The Labute approximate surface area is 68.8 Å². The summed E-state index contributed by atoms with van der Waals surface area (Å²) in [4.78, 5) is 0. The van der Waals surface area contributed by atoms with E-state index in [-0.39, 0.29) is 0 Å². The fourth-order valence-corrected chi connectivity index (χ4v) is 0.391. The molecule has 0 saturated carbocycles. The van der Waals surface area contributed by atoms with Crippen LogP contribution >= 0.6 is 0 Å². The van der Waals surface area contributed by atoms with Gasteiger partial charge in [0.2, 0.25) is 0 Å². The Morgan fingerprint density at radius 2 is 1.00 bits per heavy atom. The fraction of sp³-hybridized carbons (Fsp3) is 0.800. The molecular weight excluding hydrogens is 206 g/mol. The van der Waals surface area contributed by atoms with Crippen LogP contribution in [-0.4, -0.2) is 34.8 Å². The Bertz CT molecular complexity index is 143. The van der Waals surface area contributed by atoms with Crippen LogP contribution < -0.4 is 0 Å². The summed E-state index contributed by atoms with van der Waals surface area (Å²) >= 11 is 0. The van der Waals surface area contributed by atoms with Crippen molar-refractivity contribution in [2.24, 2.45) is 0 Å². The third kappa shape index (κ3) is 4.32. The lowest BCUT2D eigenvalue weighted by Gasteiger charge is -2.19. The summed E-state index contributed by atoms with van der Waals surface area (Å²) in [6.45, 7) is 0. The van der Waals surface area contributed by atoms with Crippen LogP contribution in [0.5, 0.6) is 0 Å². The van der Waals surface area contributed by atoms with Crippen molar-refractivity contribution in [3.05, 3.63) is 6.42 Å². The van der Waals surface area contributed by atoms with Crippen LogP contribution in [0.3, 0.4) is 0 Å². The predicted molar refractivity (Wildman–Crippen MR) is 28.4 cm³/mol. The summed E-state index contributed by atoms with van der Waals surface area (Å²) in [6, 6.07) is 0. The van der Waals surface area contributed by atoms with Crippen LogP contribution in [0.1, 0.15) is 0 Å². The van der Waals surface area contributed by atoms with Crippen molar-refractivity contribution in [2.75, 3.05) is 0 Å². The summed E-state index contributed by atoms with van der Waals surface area (Å²) in [6.07, 6.45) is -17.6. The lowest BCUT2D eigenvalue weighted by atomic mass is 10.1. The first kappa shape index (κ1) is 12.5. The zero-order chi connectivity index (χ0) is 10.9. The van der Waals surface area contributed by atoms with Gasteiger partial charge in [-0.1, -0.05) is 0 Å². The van der Waals surface area contributed by atoms with E-state index in [0.29, 0.717) is 0 Å². The van der Waals surface area contributed by atoms with Crippen LogP contribution in [0.25, 0.3) is 0 Å². The van der Waals surface area contributed by atoms with E-state index < -0.39 is 31.0 Å². The molecule has 0 aromatic heterocycles. The zero-order valence-electron chi connectivity index (χ0n) is 5.89. The minimum absolute atomic E-state index is 0.639. The molecule has 0 heterocycles. The van der Waals surface area contributed by atoms with E-state index in [4.69, 9.17) is 10.2 Å². The van der Waals surface area contributed by atoms with Gasteiger partial charge in [0.25, 0.3) is 0 Å². The van der Waals surface area contributed by atoms with E-state index in [1.165, 1.54) is 0 Å². The molecule has 2 unspecified atom stereocenters. The van der Waals surface area contributed by atoms with E-state index >= 15 is 0 Å². The van der Waals surface area contributed by atoms with Crippen LogP contribution in [-0.2, 0) is 0 Å². The normalized spacial score (nSPS) is 18.5. The summed E-state index contributed by atoms with van der Waals surface area (Å²) in [5, 5.41) is 16.2. The van der Waals surface area contributed by atoms with Gasteiger partial charge >= 0.3 is 12.4 Å². The van der Waals surface area contributed by atoms with Crippen LogP contribution in [0.2, 0.25) is 0 Å². The molecular formula is C5H5F6O2. The van der Waals surface area contributed by atoms with E-state index in [1.807, 2.05) is 0 Å². The molecule has 13 heavy (non-hydrogen) atoms. The summed E-state index contributed by atoms with van der Waals surface area (Å²) in [7, 11) is 0. The molecule has 2 N–H and O–H groups in total. The number of hydrogen-bond donors (Lipinski definition) is 2. The highest BCUT2D eigenvalue weighted by molar-refractivity contribution is 4.91. The molecule has 0 aliphatic rings. The van der Waals surface area contributed by atoms with Gasteiger partial charge in [-0.05, 0) is 0 Å². The molecule has 0 saturated heterocycles. The standard InChI is InChI=1S/C5H5F6O2/c6-4(7,8)2(12)1-3(13)5(9,10)11/h1-3,12-13H. The number of halogens is 6. The van der Waals surface area contributed by atoms with Crippen molar-refractivity contribution in [1.82, 2.24) is 0 Å². The monoisotopic (exact) mass is 211 g/mol. The van der Waals surface area contributed by atoms with Gasteiger partial charge in [-0.25, -0.2) is 0 Å². The minimum Gasteiger partial charge on any atom is -0.383 e. The number of aliphatic hydroxyl groups is 2. The van der Waals surface area contributed by atoms with Gasteiger partial charge < -0.3 is 10.2 Å². The highest BCUT2D eigenvalue weighted by Crippen LogP contribution is 2.28. The highest BCUT2D eigenvalue weighted by atomic mass is 19.4. The Morgan fingerprint density at radius 3 is 1.15 bits per heavy atom. The second kappa shape index (κ2) is 3.70. The number of rotatable bonds is 2. The van der Waals surface area contributed by atoms with Gasteiger partial charge in [0.05, 0.1) is 0 Å². The smallest absolute Gasteiger partial charge is 0.383 e. The van der Waals surface area contributed by atoms with Gasteiger partial charge in [-0.3, -0.25) is 0 Å². The molecule has 79 valence electrons. The number of alkyl halides is 6. The van der Waals surface area contributed by atoms with Gasteiger partial charge in [0.1, 0.15) is 0 Å². The van der Waals surface area contributed by atoms with Gasteiger partial charge in [0.15, 0.2) is 12.2 Å². The molecule has 0 amide bonds. The number of hydrogen-bond acceptors (Lipinski definition) is 2. The maximum Gasteiger partial charge on any atom is 0.414 e. The van der Waals surface area contributed by atoms with E-state index in [9.17, 15) is 26.3 Å². The van der Waals surface area contributed by atoms with E-state index in [0.717, 1.165) is 0 Å². The van der Waals surface area contributed by atoms with Crippen molar-refractivity contribution >= 4 is 0 Å². The van der Waals surface area contributed by atoms with Crippen LogP contribution in [0, 0.1) is 6.42 Å². The van der Waals surface area contributed by atoms with E-state index in [2.05, 4.69) is 0 Å². The van der Waals surface area contributed by atoms with E-state index in [1.54, 1.807) is 0 Å². The lowest BCUT2D eigenvalue weighted by Crippen LogP contribution is -2.39. The highest BCUT2D eigenvalue weighted by Gasteiger charge is 2.46. The SMILES string of the molecule is OC([CH]C(O)C(F)(F)F)C(F)(F)F. The van der Waals surface area contributed by atoms with Crippen LogP contribution in [0.4, 0.5) is 26.3 Å². The second-order valence-electron chi connectivity index (χ2n) is 2.17. The molecule has 8 heteroatoms. The van der Waals surface area contributed by atoms with Gasteiger partial charge in [-0.15, -0.1) is 0 Å². The average Bonchev–Trinajstić information content (AvgIpc) is 1.82. The molecule has 1 radical (unpaired) electrons. The summed E-state index contributed by atoms with van der Waals surface area (Å²) in [5.41, 5.74) is 0. The van der Waals surface area contributed by atoms with Crippen molar-refractivity contribution in [1.29, 1.82) is 0 Å². The summed E-state index contributed by atoms with van der Waals surface area (Å²) in [5.74, 6) is 0. The van der Waals surface area contributed by atoms with Crippen LogP contribution in [0.15, 0.2) is 0 Å².